The summed E-state index contributed by atoms with van der Waals surface area (Å²) in [5.74, 6) is 1.72. The van der Waals surface area contributed by atoms with Crippen LogP contribution in [0.5, 0.6) is 11.5 Å². The van der Waals surface area contributed by atoms with Crippen LogP contribution in [0.4, 0.5) is 0 Å². The Labute approximate surface area is 156 Å². The summed E-state index contributed by atoms with van der Waals surface area (Å²) in [6.07, 6.45) is 3.80. The summed E-state index contributed by atoms with van der Waals surface area (Å²) in [6.45, 7) is 4.57. The fourth-order valence-electron chi connectivity index (χ4n) is 3.22. The molecule has 0 bridgehead atoms. The number of aliphatic hydroxyl groups excluding tert-OH is 1. The number of para-hydroxylation sites is 1. The van der Waals surface area contributed by atoms with Crippen molar-refractivity contribution in [1.29, 1.82) is 0 Å². The molecule has 1 heterocycles. The number of likely N-dealkylation sites (tertiary alicyclic amines) is 1. The summed E-state index contributed by atoms with van der Waals surface area (Å²) in [6, 6.07) is 17.6. The van der Waals surface area contributed by atoms with Crippen LogP contribution in [-0.4, -0.2) is 42.9 Å². The molecule has 4 nitrogen and oxygen atoms in total. The van der Waals surface area contributed by atoms with Gasteiger partial charge in [-0.15, -0.1) is 0 Å². The summed E-state index contributed by atoms with van der Waals surface area (Å²) in [5, 5.41) is 10.3. The van der Waals surface area contributed by atoms with E-state index in [9.17, 15) is 5.11 Å². The van der Waals surface area contributed by atoms with Gasteiger partial charge in [0.05, 0.1) is 19.3 Å². The zero-order chi connectivity index (χ0) is 18.0. The van der Waals surface area contributed by atoms with E-state index in [0.29, 0.717) is 13.2 Å². The largest absolute Gasteiger partial charge is 0.493 e. The van der Waals surface area contributed by atoms with E-state index in [1.165, 1.54) is 25.9 Å². The summed E-state index contributed by atoms with van der Waals surface area (Å²) < 4.78 is 11.4. The summed E-state index contributed by atoms with van der Waals surface area (Å²) in [4.78, 5) is 2.43. The van der Waals surface area contributed by atoms with E-state index in [1.54, 1.807) is 0 Å². The first-order chi connectivity index (χ1) is 12.8. The monoisotopic (exact) mass is 355 g/mol. The van der Waals surface area contributed by atoms with Gasteiger partial charge >= 0.3 is 0 Å². The Morgan fingerprint density at radius 3 is 2.12 bits per heavy atom. The number of hydrogen-bond donors (Lipinski definition) is 1. The zero-order valence-corrected chi connectivity index (χ0v) is 15.3. The van der Waals surface area contributed by atoms with Crippen molar-refractivity contribution in [2.45, 2.75) is 31.8 Å². The lowest BCUT2D eigenvalue weighted by molar-refractivity contribution is 0.149. The van der Waals surface area contributed by atoms with E-state index in [2.05, 4.69) is 4.90 Å². The average molecular weight is 355 g/mol. The van der Waals surface area contributed by atoms with Crippen LogP contribution in [-0.2, 0) is 0 Å². The molecule has 1 atom stereocenters. The van der Waals surface area contributed by atoms with Crippen LogP contribution in [0.1, 0.15) is 37.4 Å². The number of rotatable bonds is 10. The van der Waals surface area contributed by atoms with Crippen LogP contribution < -0.4 is 9.47 Å². The molecule has 1 N–H and O–H groups in total. The molecule has 140 valence electrons. The molecule has 2 aromatic carbocycles. The number of aliphatic hydroxyl groups is 1. The fourth-order valence-corrected chi connectivity index (χ4v) is 3.22. The molecule has 1 fully saturated rings. The molecule has 4 heteroatoms. The minimum Gasteiger partial charge on any atom is -0.493 e. The lowest BCUT2D eigenvalue weighted by Crippen LogP contribution is -2.22. The lowest BCUT2D eigenvalue weighted by Gasteiger charge is -2.18. The molecule has 0 saturated carbocycles. The van der Waals surface area contributed by atoms with Gasteiger partial charge in [0.15, 0.2) is 0 Å². The smallest absolute Gasteiger partial charge is 0.119 e. The van der Waals surface area contributed by atoms with Crippen molar-refractivity contribution in [3.63, 3.8) is 0 Å². The molecule has 1 saturated heterocycles. The first-order valence-electron chi connectivity index (χ1n) is 9.62. The van der Waals surface area contributed by atoms with Gasteiger partial charge in [-0.3, -0.25) is 0 Å². The predicted octanol–water partition coefficient (Wildman–Crippen LogP) is 4.05. The number of hydrogen-bond acceptors (Lipinski definition) is 4. The highest BCUT2D eigenvalue weighted by molar-refractivity contribution is 5.28. The molecule has 1 unspecified atom stereocenters. The first-order valence-corrected chi connectivity index (χ1v) is 9.62. The van der Waals surface area contributed by atoms with Gasteiger partial charge in [-0.1, -0.05) is 30.3 Å². The highest BCUT2D eigenvalue weighted by Gasteiger charge is 2.14. The Morgan fingerprint density at radius 2 is 1.46 bits per heavy atom. The molecule has 0 spiro atoms. The van der Waals surface area contributed by atoms with Crippen LogP contribution in [0.2, 0.25) is 0 Å². The maximum atomic E-state index is 10.3. The Morgan fingerprint density at radius 1 is 0.846 bits per heavy atom. The molecule has 1 aliphatic rings. The number of nitrogens with zero attached hydrogens (tertiary/aromatic N) is 1. The third-order valence-electron chi connectivity index (χ3n) is 4.75. The molecule has 0 amide bonds. The maximum absolute atomic E-state index is 10.3. The lowest BCUT2D eigenvalue weighted by atomic mass is 10.1. The first kappa shape index (κ1) is 18.7. The SMILES string of the molecule is OC(CCN1CCCC1)c1ccc(OCCCOc2ccccc2)cc1. The molecular weight excluding hydrogens is 326 g/mol. The van der Waals surface area contributed by atoms with E-state index in [1.807, 2.05) is 54.6 Å². The summed E-state index contributed by atoms with van der Waals surface area (Å²) in [7, 11) is 0. The molecule has 0 radical (unpaired) electrons. The van der Waals surface area contributed by atoms with E-state index in [0.717, 1.165) is 36.4 Å². The second-order valence-electron chi connectivity index (χ2n) is 6.79. The van der Waals surface area contributed by atoms with Gasteiger partial charge in [-0.05, 0) is 62.2 Å². The molecule has 0 aliphatic carbocycles. The van der Waals surface area contributed by atoms with Gasteiger partial charge in [0.25, 0.3) is 0 Å². The third-order valence-corrected chi connectivity index (χ3v) is 4.75. The van der Waals surface area contributed by atoms with Crippen LogP contribution in [0.25, 0.3) is 0 Å². The van der Waals surface area contributed by atoms with Gasteiger partial charge in [-0.2, -0.15) is 0 Å². The minimum atomic E-state index is -0.399. The standard InChI is InChI=1S/C22H29NO3/c24-22(13-16-23-14-4-5-15-23)19-9-11-21(12-10-19)26-18-6-17-25-20-7-2-1-3-8-20/h1-3,7-12,22,24H,4-6,13-18H2. The molecule has 3 rings (SSSR count). The second-order valence-corrected chi connectivity index (χ2v) is 6.79. The topological polar surface area (TPSA) is 41.9 Å². The Hall–Kier alpha value is -2.04. The molecular formula is C22H29NO3. The molecule has 26 heavy (non-hydrogen) atoms. The minimum absolute atomic E-state index is 0.399. The number of benzene rings is 2. The van der Waals surface area contributed by atoms with Crippen molar-refractivity contribution in [2.24, 2.45) is 0 Å². The Balaban J connectivity index is 1.33. The van der Waals surface area contributed by atoms with Crippen molar-refractivity contribution < 1.29 is 14.6 Å². The van der Waals surface area contributed by atoms with Gasteiger partial charge in [-0.25, -0.2) is 0 Å². The van der Waals surface area contributed by atoms with Crippen molar-refractivity contribution in [3.8, 4) is 11.5 Å². The molecule has 1 aliphatic heterocycles. The normalized spacial score (nSPS) is 15.7. The van der Waals surface area contributed by atoms with Gasteiger partial charge < -0.3 is 19.5 Å². The molecule has 0 aromatic heterocycles. The zero-order valence-electron chi connectivity index (χ0n) is 15.3. The van der Waals surface area contributed by atoms with Crippen LogP contribution >= 0.6 is 0 Å². The van der Waals surface area contributed by atoms with Crippen molar-refractivity contribution in [3.05, 3.63) is 60.2 Å². The van der Waals surface area contributed by atoms with Crippen LogP contribution in [0.3, 0.4) is 0 Å². The van der Waals surface area contributed by atoms with E-state index in [4.69, 9.17) is 9.47 Å². The molecule has 2 aromatic rings. The summed E-state index contributed by atoms with van der Waals surface area (Å²) in [5.41, 5.74) is 0.962. The summed E-state index contributed by atoms with van der Waals surface area (Å²) >= 11 is 0. The maximum Gasteiger partial charge on any atom is 0.119 e. The van der Waals surface area contributed by atoms with Crippen LogP contribution in [0, 0.1) is 0 Å². The van der Waals surface area contributed by atoms with E-state index < -0.39 is 6.10 Å². The van der Waals surface area contributed by atoms with Crippen molar-refractivity contribution in [2.75, 3.05) is 32.8 Å². The fraction of sp³-hybridized carbons (Fsp3) is 0.455. The van der Waals surface area contributed by atoms with Crippen molar-refractivity contribution >= 4 is 0 Å². The van der Waals surface area contributed by atoms with E-state index in [-0.39, 0.29) is 0 Å². The van der Waals surface area contributed by atoms with E-state index >= 15 is 0 Å². The highest BCUT2D eigenvalue weighted by atomic mass is 16.5. The van der Waals surface area contributed by atoms with Crippen LogP contribution in [0.15, 0.2) is 54.6 Å². The van der Waals surface area contributed by atoms with Gasteiger partial charge in [0.1, 0.15) is 11.5 Å². The highest BCUT2D eigenvalue weighted by Crippen LogP contribution is 2.21. The Kier molecular flexibility index (Phi) is 7.35. The average Bonchev–Trinajstić information content (AvgIpc) is 3.21. The second kappa shape index (κ2) is 10.2. The van der Waals surface area contributed by atoms with Crippen molar-refractivity contribution in [1.82, 2.24) is 4.90 Å². The third kappa shape index (κ3) is 6.04. The quantitative estimate of drug-likeness (QED) is 0.653. The van der Waals surface area contributed by atoms with Gasteiger partial charge in [0.2, 0.25) is 0 Å². The number of ether oxygens (including phenoxy) is 2. The van der Waals surface area contributed by atoms with Gasteiger partial charge in [0, 0.05) is 13.0 Å². The predicted molar refractivity (Wildman–Crippen MR) is 104 cm³/mol. The Bertz CT molecular complexity index is 624.